The van der Waals surface area contributed by atoms with Gasteiger partial charge in [0.05, 0.1) is 5.69 Å². The lowest BCUT2D eigenvalue weighted by Gasteiger charge is -2.06. The molecule has 3 N–H and O–H groups in total. The van der Waals surface area contributed by atoms with Crippen LogP contribution in [0.15, 0.2) is 0 Å². The Bertz CT molecular complexity index is 343. The van der Waals surface area contributed by atoms with E-state index in [9.17, 15) is 4.79 Å². The summed E-state index contributed by atoms with van der Waals surface area (Å²) in [6.07, 6.45) is 0. The summed E-state index contributed by atoms with van der Waals surface area (Å²) < 4.78 is 1.70. The van der Waals surface area contributed by atoms with Crippen molar-refractivity contribution in [2.75, 3.05) is 0 Å². The molecule has 0 radical (unpaired) electrons. The highest BCUT2D eigenvalue weighted by Gasteiger charge is 2.20. The highest BCUT2D eigenvalue weighted by molar-refractivity contribution is 5.74. The third kappa shape index (κ3) is 1.55. The molecule has 1 rings (SSSR count). The van der Waals surface area contributed by atoms with Crippen molar-refractivity contribution in [3.63, 3.8) is 0 Å². The number of nitrogens with zero attached hydrogens (tertiary/aromatic N) is 2. The van der Waals surface area contributed by atoms with Crippen LogP contribution in [0.1, 0.15) is 23.3 Å². The summed E-state index contributed by atoms with van der Waals surface area (Å²) in [5, 5.41) is 8.68. The zero-order valence-electron chi connectivity index (χ0n) is 7.90. The van der Waals surface area contributed by atoms with E-state index in [0.29, 0.717) is 5.82 Å². The van der Waals surface area contributed by atoms with Gasteiger partial charge < -0.3 is 15.4 Å². The number of rotatable bonds is 2. The van der Waals surface area contributed by atoms with Crippen LogP contribution in [-0.4, -0.2) is 20.6 Å². The molecule has 0 spiro atoms. The number of hydrogen-bond donors (Lipinski definition) is 2. The molecule has 0 bridgehead atoms. The third-order valence-corrected chi connectivity index (χ3v) is 2.20. The molecule has 0 aliphatic rings. The van der Waals surface area contributed by atoms with Crippen LogP contribution in [0.4, 0.5) is 0 Å². The van der Waals surface area contributed by atoms with Crippen LogP contribution in [0.2, 0.25) is 0 Å². The molecule has 13 heavy (non-hydrogen) atoms. The summed E-state index contributed by atoms with van der Waals surface area (Å²) in [6, 6.07) is -1.04. The van der Waals surface area contributed by atoms with Crippen molar-refractivity contribution >= 4 is 5.97 Å². The second-order valence-corrected chi connectivity index (χ2v) is 3.02. The van der Waals surface area contributed by atoms with E-state index in [1.165, 1.54) is 0 Å². The van der Waals surface area contributed by atoms with Gasteiger partial charge in [-0.1, -0.05) is 0 Å². The molecule has 0 amide bonds. The first-order chi connectivity index (χ1) is 5.95. The lowest BCUT2D eigenvalue weighted by atomic mass is 10.3. The molecule has 0 saturated heterocycles. The minimum atomic E-state index is -1.06. The molecule has 1 unspecified atom stereocenters. The summed E-state index contributed by atoms with van der Waals surface area (Å²) in [7, 11) is 1.76. The number of carbonyl (C=O) groups is 1. The van der Waals surface area contributed by atoms with Gasteiger partial charge >= 0.3 is 5.97 Å². The number of nitrogens with two attached hydrogens (primary N) is 1. The summed E-state index contributed by atoms with van der Waals surface area (Å²) in [5.74, 6) is -0.671. The Labute approximate surface area is 76.2 Å². The topological polar surface area (TPSA) is 81.1 Å². The second kappa shape index (κ2) is 3.18. The molecule has 1 aromatic rings. The van der Waals surface area contributed by atoms with Crippen molar-refractivity contribution in [2.45, 2.75) is 19.9 Å². The standard InChI is InChI=1S/C8H13N3O2/c1-4-5(2)11(3)7(10-4)6(9)8(12)13/h6H,9H2,1-3H3,(H,12,13). The van der Waals surface area contributed by atoms with Crippen LogP contribution in [0.3, 0.4) is 0 Å². The second-order valence-electron chi connectivity index (χ2n) is 3.02. The largest absolute Gasteiger partial charge is 0.480 e. The predicted octanol–water partition coefficient (Wildman–Crippen LogP) is 0.121. The Morgan fingerprint density at radius 2 is 2.15 bits per heavy atom. The van der Waals surface area contributed by atoms with E-state index in [0.717, 1.165) is 11.4 Å². The fourth-order valence-corrected chi connectivity index (χ4v) is 1.13. The van der Waals surface area contributed by atoms with E-state index in [1.54, 1.807) is 11.6 Å². The van der Waals surface area contributed by atoms with Gasteiger partial charge in [-0.05, 0) is 13.8 Å². The average Bonchev–Trinajstić information content (AvgIpc) is 2.31. The Morgan fingerprint density at radius 1 is 1.62 bits per heavy atom. The summed E-state index contributed by atoms with van der Waals surface area (Å²) in [4.78, 5) is 14.7. The van der Waals surface area contributed by atoms with Gasteiger partial charge in [0.1, 0.15) is 5.82 Å². The molecular weight excluding hydrogens is 170 g/mol. The monoisotopic (exact) mass is 183 g/mol. The molecule has 0 aliphatic carbocycles. The molecule has 1 atom stereocenters. The number of imidazole rings is 1. The molecule has 0 aliphatic heterocycles. The highest BCUT2D eigenvalue weighted by Crippen LogP contribution is 2.13. The molecule has 5 nitrogen and oxygen atoms in total. The molecule has 5 heteroatoms. The smallest absolute Gasteiger partial charge is 0.328 e. The maximum absolute atomic E-state index is 10.6. The van der Waals surface area contributed by atoms with E-state index in [-0.39, 0.29) is 0 Å². The summed E-state index contributed by atoms with van der Waals surface area (Å²) in [6.45, 7) is 3.70. The molecule has 1 aromatic heterocycles. The molecule has 0 saturated carbocycles. The van der Waals surface area contributed by atoms with E-state index in [1.807, 2.05) is 13.8 Å². The van der Waals surface area contributed by atoms with Gasteiger partial charge in [-0.2, -0.15) is 0 Å². The van der Waals surface area contributed by atoms with Crippen LogP contribution in [0.25, 0.3) is 0 Å². The van der Waals surface area contributed by atoms with Crippen molar-refractivity contribution in [1.29, 1.82) is 0 Å². The molecule has 0 fully saturated rings. The Morgan fingerprint density at radius 3 is 2.46 bits per heavy atom. The van der Waals surface area contributed by atoms with Crippen molar-refractivity contribution in [3.8, 4) is 0 Å². The van der Waals surface area contributed by atoms with Crippen molar-refractivity contribution < 1.29 is 9.90 Å². The number of aliphatic carboxylic acids is 1. The van der Waals surface area contributed by atoms with Gasteiger partial charge in [0, 0.05) is 12.7 Å². The quantitative estimate of drug-likeness (QED) is 0.682. The minimum absolute atomic E-state index is 0.391. The van der Waals surface area contributed by atoms with Crippen LogP contribution >= 0.6 is 0 Å². The number of hydrogen-bond acceptors (Lipinski definition) is 3. The van der Waals surface area contributed by atoms with Crippen LogP contribution in [0.5, 0.6) is 0 Å². The zero-order valence-corrected chi connectivity index (χ0v) is 7.90. The fourth-order valence-electron chi connectivity index (χ4n) is 1.13. The first-order valence-electron chi connectivity index (χ1n) is 3.93. The normalized spacial score (nSPS) is 12.9. The molecule has 0 aromatic carbocycles. The summed E-state index contributed by atoms with van der Waals surface area (Å²) >= 11 is 0. The Kier molecular flexibility index (Phi) is 2.38. The molecule has 1 heterocycles. The maximum Gasteiger partial charge on any atom is 0.328 e. The van der Waals surface area contributed by atoms with Gasteiger partial charge in [-0.25, -0.2) is 4.98 Å². The predicted molar refractivity (Wildman–Crippen MR) is 47.2 cm³/mol. The first-order valence-corrected chi connectivity index (χ1v) is 3.93. The van der Waals surface area contributed by atoms with Crippen LogP contribution in [-0.2, 0) is 11.8 Å². The van der Waals surface area contributed by atoms with Crippen molar-refractivity contribution in [3.05, 3.63) is 17.2 Å². The lowest BCUT2D eigenvalue weighted by Crippen LogP contribution is -2.24. The highest BCUT2D eigenvalue weighted by atomic mass is 16.4. The van der Waals surface area contributed by atoms with Crippen LogP contribution in [0, 0.1) is 13.8 Å². The Balaban J connectivity index is 3.15. The first kappa shape index (κ1) is 9.73. The van der Waals surface area contributed by atoms with Gasteiger partial charge in [0.15, 0.2) is 6.04 Å². The van der Waals surface area contributed by atoms with Gasteiger partial charge in [-0.3, -0.25) is 4.79 Å². The SMILES string of the molecule is Cc1nc(C(N)C(=O)O)n(C)c1C. The van der Waals surface area contributed by atoms with Gasteiger partial charge in [-0.15, -0.1) is 0 Å². The summed E-state index contributed by atoms with van der Waals surface area (Å²) in [5.41, 5.74) is 7.19. The Hall–Kier alpha value is -1.36. The minimum Gasteiger partial charge on any atom is -0.480 e. The van der Waals surface area contributed by atoms with E-state index in [4.69, 9.17) is 10.8 Å². The van der Waals surface area contributed by atoms with Gasteiger partial charge in [0.25, 0.3) is 0 Å². The van der Waals surface area contributed by atoms with Crippen molar-refractivity contribution in [2.24, 2.45) is 12.8 Å². The van der Waals surface area contributed by atoms with Gasteiger partial charge in [0.2, 0.25) is 0 Å². The zero-order chi connectivity index (χ0) is 10.2. The molecule has 72 valence electrons. The number of carboxylic acids is 1. The third-order valence-electron chi connectivity index (χ3n) is 2.20. The molecular formula is C8H13N3O2. The van der Waals surface area contributed by atoms with Crippen LogP contribution < -0.4 is 5.73 Å². The number of carboxylic acid groups (broad SMARTS) is 1. The van der Waals surface area contributed by atoms with E-state index < -0.39 is 12.0 Å². The van der Waals surface area contributed by atoms with Crippen molar-refractivity contribution in [1.82, 2.24) is 9.55 Å². The maximum atomic E-state index is 10.6. The lowest BCUT2D eigenvalue weighted by molar-refractivity contribution is -0.138. The average molecular weight is 183 g/mol. The van der Waals surface area contributed by atoms with E-state index in [2.05, 4.69) is 4.98 Å². The number of aryl methyl sites for hydroxylation is 1. The fraction of sp³-hybridized carbons (Fsp3) is 0.500. The number of aromatic nitrogens is 2. The van der Waals surface area contributed by atoms with E-state index >= 15 is 0 Å².